The van der Waals surface area contributed by atoms with Crippen molar-refractivity contribution in [1.82, 2.24) is 0 Å². The Morgan fingerprint density at radius 3 is 2.24 bits per heavy atom. The van der Waals surface area contributed by atoms with E-state index < -0.39 is 12.0 Å². The minimum atomic E-state index is -0.874. The van der Waals surface area contributed by atoms with Gasteiger partial charge in [0.15, 0.2) is 23.0 Å². The van der Waals surface area contributed by atoms with E-state index in [4.69, 9.17) is 9.47 Å². The van der Waals surface area contributed by atoms with E-state index in [9.17, 15) is 25.2 Å². The fourth-order valence-electron chi connectivity index (χ4n) is 4.34. The van der Waals surface area contributed by atoms with E-state index in [1.165, 1.54) is 13.2 Å². The van der Waals surface area contributed by atoms with Crippen LogP contribution in [0.5, 0.6) is 28.7 Å². The Labute approximate surface area is 224 Å². The molecule has 4 N–H and O–H groups in total. The summed E-state index contributed by atoms with van der Waals surface area (Å²) in [6.07, 6.45) is 0.903. The molecular formula is C31H38O7. The molecule has 0 aliphatic rings. The molecule has 0 saturated heterocycles. The summed E-state index contributed by atoms with van der Waals surface area (Å²) in [4.78, 5) is 13.4. The number of rotatable bonds is 14. The van der Waals surface area contributed by atoms with Gasteiger partial charge in [0.2, 0.25) is 5.75 Å². The molecule has 0 heterocycles. The molecule has 0 spiro atoms. The van der Waals surface area contributed by atoms with Crippen molar-refractivity contribution in [3.63, 3.8) is 0 Å². The monoisotopic (exact) mass is 522 g/mol. The molecule has 0 aliphatic carbocycles. The van der Waals surface area contributed by atoms with Crippen LogP contribution < -0.4 is 9.47 Å². The first-order valence-electron chi connectivity index (χ1n) is 13.0. The van der Waals surface area contributed by atoms with Crippen LogP contribution >= 0.6 is 0 Å². The molecule has 204 valence electrons. The highest BCUT2D eigenvalue weighted by atomic mass is 16.5. The van der Waals surface area contributed by atoms with Gasteiger partial charge in [-0.3, -0.25) is 4.79 Å². The van der Waals surface area contributed by atoms with Gasteiger partial charge in [-0.1, -0.05) is 50.2 Å². The summed E-state index contributed by atoms with van der Waals surface area (Å²) in [6, 6.07) is 17.7. The lowest BCUT2D eigenvalue weighted by molar-refractivity contribution is -0.126. The number of ketones is 1. The van der Waals surface area contributed by atoms with Crippen molar-refractivity contribution in [2.45, 2.75) is 52.1 Å². The molecule has 3 rings (SSSR count). The summed E-state index contributed by atoms with van der Waals surface area (Å²) in [5, 5.41) is 41.3. The molecule has 2 atom stereocenters. The molecule has 3 aromatic rings. The summed E-state index contributed by atoms with van der Waals surface area (Å²) in [5.41, 5.74) is 2.51. The summed E-state index contributed by atoms with van der Waals surface area (Å²) in [6.45, 7) is 4.35. The number of aliphatic hydroxyl groups is 1. The average molecular weight is 523 g/mol. The minimum absolute atomic E-state index is 0.0481. The first-order chi connectivity index (χ1) is 18.2. The van der Waals surface area contributed by atoms with Crippen molar-refractivity contribution in [3.8, 4) is 28.7 Å². The molecule has 7 nitrogen and oxygen atoms in total. The molecule has 0 aromatic heterocycles. The maximum atomic E-state index is 13.4. The Kier molecular flexibility index (Phi) is 10.4. The predicted molar refractivity (Wildman–Crippen MR) is 146 cm³/mol. The Bertz CT molecular complexity index is 1190. The highest BCUT2D eigenvalue weighted by molar-refractivity contribution is 5.82. The molecule has 0 radical (unpaired) electrons. The number of carbonyl (C=O) groups is 1. The van der Waals surface area contributed by atoms with Crippen LogP contribution in [0, 0.1) is 11.8 Å². The second kappa shape index (κ2) is 13.7. The second-order valence-corrected chi connectivity index (χ2v) is 10.0. The fraction of sp³-hybridized carbons (Fsp3) is 0.387. The largest absolute Gasteiger partial charge is 0.504 e. The van der Waals surface area contributed by atoms with Crippen LogP contribution in [-0.4, -0.2) is 46.0 Å². The Balaban J connectivity index is 1.72. The van der Waals surface area contributed by atoms with Crippen molar-refractivity contribution in [2.24, 2.45) is 11.8 Å². The number of phenolic OH excluding ortho intramolecular Hbond substituents is 3. The van der Waals surface area contributed by atoms with Crippen LogP contribution in [0.15, 0.2) is 60.7 Å². The van der Waals surface area contributed by atoms with Crippen molar-refractivity contribution in [2.75, 3.05) is 13.7 Å². The SMILES string of the molecule is COc1cc(CC[C@@H](O)[C@@H](Cc2ccccc2)C(=O)CCc2cc(O)c(O)c(OCC(C)C)c2)ccc1O. The Hall–Kier alpha value is -3.71. The summed E-state index contributed by atoms with van der Waals surface area (Å²) in [5.74, 6) is -0.464. The number of phenols is 3. The zero-order valence-corrected chi connectivity index (χ0v) is 22.3. The fourth-order valence-corrected chi connectivity index (χ4v) is 4.34. The number of hydrogen-bond donors (Lipinski definition) is 4. The second-order valence-electron chi connectivity index (χ2n) is 10.0. The van der Waals surface area contributed by atoms with Crippen LogP contribution in [0.1, 0.15) is 43.4 Å². The summed E-state index contributed by atoms with van der Waals surface area (Å²) in [7, 11) is 1.48. The molecule has 0 amide bonds. The third kappa shape index (κ3) is 8.15. The summed E-state index contributed by atoms with van der Waals surface area (Å²) < 4.78 is 10.8. The minimum Gasteiger partial charge on any atom is -0.504 e. The zero-order chi connectivity index (χ0) is 27.7. The smallest absolute Gasteiger partial charge is 0.200 e. The van der Waals surface area contributed by atoms with Gasteiger partial charge in [0.1, 0.15) is 5.78 Å². The molecule has 3 aromatic carbocycles. The van der Waals surface area contributed by atoms with E-state index in [0.717, 1.165) is 11.1 Å². The van der Waals surface area contributed by atoms with E-state index in [1.54, 1.807) is 24.3 Å². The number of carbonyl (C=O) groups excluding carboxylic acids is 1. The van der Waals surface area contributed by atoms with Crippen molar-refractivity contribution < 1.29 is 34.7 Å². The van der Waals surface area contributed by atoms with Gasteiger partial charge in [-0.15, -0.1) is 0 Å². The third-order valence-corrected chi connectivity index (χ3v) is 6.50. The molecular weight excluding hydrogens is 484 g/mol. The van der Waals surface area contributed by atoms with Crippen molar-refractivity contribution in [1.29, 1.82) is 0 Å². The van der Waals surface area contributed by atoms with Gasteiger partial charge in [0.05, 0.1) is 19.8 Å². The summed E-state index contributed by atoms with van der Waals surface area (Å²) >= 11 is 0. The van der Waals surface area contributed by atoms with E-state index in [0.29, 0.717) is 43.6 Å². The number of ether oxygens (including phenoxy) is 2. The van der Waals surface area contributed by atoms with E-state index in [2.05, 4.69) is 0 Å². The standard InChI is InChI=1S/C31H38O7/c1-20(2)19-38-30-18-23(16-28(35)31(30)36)11-13-26(33)24(15-21-7-5-4-6-8-21)25(32)12-9-22-10-14-27(34)29(17-22)37-3/h4-8,10,14,16-18,20,24-25,32,34-36H,9,11-13,15,19H2,1-3H3/t24-,25-/m1/s1. The number of Topliss-reactive ketones (excluding diaryl/α,β-unsaturated/α-hetero) is 1. The van der Waals surface area contributed by atoms with Crippen LogP contribution in [0.2, 0.25) is 0 Å². The number of aliphatic hydroxyl groups excluding tert-OH is 1. The highest BCUT2D eigenvalue weighted by Crippen LogP contribution is 2.37. The first-order valence-corrected chi connectivity index (χ1v) is 13.0. The number of aromatic hydroxyl groups is 3. The van der Waals surface area contributed by atoms with Gasteiger partial charge in [0.25, 0.3) is 0 Å². The van der Waals surface area contributed by atoms with E-state index in [-0.39, 0.29) is 41.1 Å². The van der Waals surface area contributed by atoms with Gasteiger partial charge >= 0.3 is 0 Å². The van der Waals surface area contributed by atoms with Gasteiger partial charge in [-0.2, -0.15) is 0 Å². The molecule has 38 heavy (non-hydrogen) atoms. The maximum absolute atomic E-state index is 13.4. The van der Waals surface area contributed by atoms with Gasteiger partial charge in [-0.05, 0) is 72.6 Å². The average Bonchev–Trinajstić information content (AvgIpc) is 2.91. The lowest BCUT2D eigenvalue weighted by Gasteiger charge is -2.22. The Morgan fingerprint density at radius 1 is 0.842 bits per heavy atom. The molecule has 0 fully saturated rings. The Morgan fingerprint density at radius 2 is 1.55 bits per heavy atom. The highest BCUT2D eigenvalue weighted by Gasteiger charge is 2.27. The number of benzene rings is 3. The number of methoxy groups -OCH3 is 1. The van der Waals surface area contributed by atoms with E-state index >= 15 is 0 Å². The number of hydrogen-bond acceptors (Lipinski definition) is 7. The topological polar surface area (TPSA) is 116 Å². The van der Waals surface area contributed by atoms with Crippen molar-refractivity contribution >= 4 is 5.78 Å². The van der Waals surface area contributed by atoms with Gasteiger partial charge in [0, 0.05) is 12.3 Å². The maximum Gasteiger partial charge on any atom is 0.200 e. The zero-order valence-electron chi connectivity index (χ0n) is 22.3. The van der Waals surface area contributed by atoms with Crippen LogP contribution in [0.25, 0.3) is 0 Å². The van der Waals surface area contributed by atoms with Crippen LogP contribution in [0.4, 0.5) is 0 Å². The number of aryl methyl sites for hydroxylation is 2. The van der Waals surface area contributed by atoms with Gasteiger partial charge < -0.3 is 29.9 Å². The van der Waals surface area contributed by atoms with Crippen molar-refractivity contribution in [3.05, 3.63) is 77.4 Å². The lowest BCUT2D eigenvalue weighted by Crippen LogP contribution is -2.31. The predicted octanol–water partition coefficient (Wildman–Crippen LogP) is 5.20. The van der Waals surface area contributed by atoms with Gasteiger partial charge in [-0.25, -0.2) is 0 Å². The molecule has 0 bridgehead atoms. The molecule has 0 unspecified atom stereocenters. The third-order valence-electron chi connectivity index (χ3n) is 6.50. The molecule has 0 aliphatic heterocycles. The quantitative estimate of drug-likeness (QED) is 0.215. The lowest BCUT2D eigenvalue weighted by atomic mass is 9.85. The van der Waals surface area contributed by atoms with Crippen LogP contribution in [-0.2, 0) is 24.1 Å². The first kappa shape index (κ1) is 28.9. The van der Waals surface area contributed by atoms with E-state index in [1.807, 2.05) is 44.2 Å². The normalized spacial score (nSPS) is 12.8. The molecule has 7 heteroatoms. The van der Waals surface area contributed by atoms with Crippen LogP contribution in [0.3, 0.4) is 0 Å². The molecule has 0 saturated carbocycles.